The Morgan fingerprint density at radius 2 is 2.08 bits per heavy atom. The zero-order valence-electron chi connectivity index (χ0n) is 14.2. The quantitative estimate of drug-likeness (QED) is 0.433. The van der Waals surface area contributed by atoms with Crippen molar-refractivity contribution in [2.75, 3.05) is 18.4 Å². The number of carbonyl (C=O) groups excluding carboxylic acids is 1. The summed E-state index contributed by atoms with van der Waals surface area (Å²) in [5.41, 5.74) is 1.72. The molecule has 0 bridgehead atoms. The summed E-state index contributed by atoms with van der Waals surface area (Å²) in [5.74, 6) is -1.49. The molecular weight excluding hydrogens is 323 g/mol. The third kappa shape index (κ3) is 4.76. The van der Waals surface area contributed by atoms with E-state index in [0.29, 0.717) is 11.6 Å². The number of hydrogen-bond donors (Lipinski definition) is 3. The van der Waals surface area contributed by atoms with E-state index in [1.54, 1.807) is 12.1 Å². The zero-order chi connectivity index (χ0) is 17.6. The van der Waals surface area contributed by atoms with E-state index in [0.717, 1.165) is 37.4 Å². The fourth-order valence-corrected chi connectivity index (χ4v) is 3.73. The number of pyridine rings is 1. The lowest BCUT2D eigenvalue weighted by atomic mass is 9.94. The molecule has 0 spiro atoms. The SMILES string of the molecule is O=C(NO)/C(F)=C/c1ccc(N[C@@H]2CCN(C3CCCCC3)C2)nc1. The Morgan fingerprint density at radius 1 is 1.28 bits per heavy atom. The Morgan fingerprint density at radius 3 is 2.76 bits per heavy atom. The normalized spacial score (nSPS) is 22.8. The van der Waals surface area contributed by atoms with Crippen LogP contribution in [0.3, 0.4) is 0 Å². The van der Waals surface area contributed by atoms with Gasteiger partial charge < -0.3 is 5.32 Å². The first-order valence-corrected chi connectivity index (χ1v) is 8.94. The molecular formula is C18H25FN4O2. The molecule has 1 aliphatic carbocycles. The number of nitrogens with zero attached hydrogens (tertiary/aromatic N) is 2. The summed E-state index contributed by atoms with van der Waals surface area (Å²) < 4.78 is 13.4. The number of halogens is 1. The van der Waals surface area contributed by atoms with Gasteiger partial charge in [0.2, 0.25) is 0 Å². The predicted molar refractivity (Wildman–Crippen MR) is 93.7 cm³/mol. The highest BCUT2D eigenvalue weighted by Gasteiger charge is 2.29. The average molecular weight is 348 g/mol. The van der Waals surface area contributed by atoms with Crippen molar-refractivity contribution < 1.29 is 14.4 Å². The van der Waals surface area contributed by atoms with Crippen LogP contribution < -0.4 is 10.8 Å². The lowest BCUT2D eigenvalue weighted by Crippen LogP contribution is -2.36. The molecule has 25 heavy (non-hydrogen) atoms. The number of carbonyl (C=O) groups is 1. The molecule has 2 fully saturated rings. The molecule has 1 atom stereocenters. The maximum absolute atomic E-state index is 13.4. The zero-order valence-corrected chi connectivity index (χ0v) is 14.2. The standard InChI is InChI=1S/C18H25FN4O2/c19-16(18(24)22-25)10-13-6-7-17(20-11-13)21-14-8-9-23(12-14)15-4-2-1-3-5-15/h6-7,10-11,14-15,25H,1-5,8-9,12H2,(H,20,21)(H,22,24)/b16-10-/t14-/m1/s1. The minimum absolute atomic E-state index is 0.382. The third-order valence-electron chi connectivity index (χ3n) is 5.06. The monoisotopic (exact) mass is 348 g/mol. The second kappa shape index (κ2) is 8.40. The largest absolute Gasteiger partial charge is 0.366 e. The second-order valence-electron chi connectivity index (χ2n) is 6.83. The number of rotatable bonds is 5. The van der Waals surface area contributed by atoms with Gasteiger partial charge in [-0.25, -0.2) is 14.9 Å². The van der Waals surface area contributed by atoms with Gasteiger partial charge >= 0.3 is 5.91 Å². The fourth-order valence-electron chi connectivity index (χ4n) is 3.73. The van der Waals surface area contributed by atoms with Gasteiger partial charge in [0.15, 0.2) is 5.83 Å². The first kappa shape index (κ1) is 17.8. The lowest BCUT2D eigenvalue weighted by molar-refractivity contribution is -0.126. The van der Waals surface area contributed by atoms with Gasteiger partial charge in [-0.1, -0.05) is 19.3 Å². The number of hydroxylamine groups is 1. The van der Waals surface area contributed by atoms with Gasteiger partial charge in [-0.15, -0.1) is 0 Å². The van der Waals surface area contributed by atoms with Gasteiger partial charge in [0.05, 0.1) is 0 Å². The number of nitrogens with one attached hydrogen (secondary N) is 2. The van der Waals surface area contributed by atoms with Crippen molar-refractivity contribution in [1.29, 1.82) is 0 Å². The molecule has 7 heteroatoms. The van der Waals surface area contributed by atoms with Crippen LogP contribution in [0.2, 0.25) is 0 Å². The van der Waals surface area contributed by atoms with E-state index in [-0.39, 0.29) is 0 Å². The molecule has 2 aliphatic rings. The minimum atomic E-state index is -1.17. The molecule has 1 aliphatic heterocycles. The summed E-state index contributed by atoms with van der Waals surface area (Å²) in [6, 6.07) is 4.58. The second-order valence-corrected chi connectivity index (χ2v) is 6.83. The van der Waals surface area contributed by atoms with Gasteiger partial charge in [-0.3, -0.25) is 14.9 Å². The Labute approximate surface area is 147 Å². The van der Waals surface area contributed by atoms with Crippen LogP contribution in [0.25, 0.3) is 6.08 Å². The van der Waals surface area contributed by atoms with Crippen LogP contribution in [0.4, 0.5) is 10.2 Å². The van der Waals surface area contributed by atoms with Gasteiger partial charge in [-0.2, -0.15) is 0 Å². The van der Waals surface area contributed by atoms with Crippen LogP contribution in [-0.2, 0) is 4.79 Å². The van der Waals surface area contributed by atoms with E-state index in [1.165, 1.54) is 43.8 Å². The summed E-state index contributed by atoms with van der Waals surface area (Å²) in [5, 5.41) is 11.8. The molecule has 0 radical (unpaired) electrons. The summed E-state index contributed by atoms with van der Waals surface area (Å²) in [7, 11) is 0. The van der Waals surface area contributed by atoms with E-state index < -0.39 is 11.7 Å². The van der Waals surface area contributed by atoms with Gasteiger partial charge in [0.1, 0.15) is 5.82 Å². The van der Waals surface area contributed by atoms with Crippen molar-refractivity contribution in [1.82, 2.24) is 15.4 Å². The molecule has 0 aromatic carbocycles. The molecule has 3 rings (SSSR count). The topological polar surface area (TPSA) is 77.5 Å². The molecule has 136 valence electrons. The van der Waals surface area contributed by atoms with Crippen LogP contribution in [0.1, 0.15) is 44.1 Å². The van der Waals surface area contributed by atoms with Crippen molar-refractivity contribution >= 4 is 17.8 Å². The van der Waals surface area contributed by atoms with Crippen LogP contribution in [0, 0.1) is 0 Å². The van der Waals surface area contributed by atoms with Gasteiger partial charge in [0, 0.05) is 31.4 Å². The maximum Gasteiger partial charge on any atom is 0.303 e. The van der Waals surface area contributed by atoms with E-state index in [1.807, 2.05) is 0 Å². The highest BCUT2D eigenvalue weighted by atomic mass is 19.1. The highest BCUT2D eigenvalue weighted by Crippen LogP contribution is 2.26. The molecule has 1 saturated carbocycles. The molecule has 0 unspecified atom stereocenters. The van der Waals surface area contributed by atoms with Crippen molar-refractivity contribution in [2.24, 2.45) is 0 Å². The van der Waals surface area contributed by atoms with Crippen molar-refractivity contribution in [3.05, 3.63) is 29.7 Å². The molecule has 2 heterocycles. The summed E-state index contributed by atoms with van der Waals surface area (Å²) in [4.78, 5) is 17.8. The number of likely N-dealkylation sites (tertiary alicyclic amines) is 1. The Kier molecular flexibility index (Phi) is 5.99. The third-order valence-corrected chi connectivity index (χ3v) is 5.06. The first-order valence-electron chi connectivity index (χ1n) is 8.94. The van der Waals surface area contributed by atoms with E-state index in [4.69, 9.17) is 5.21 Å². The van der Waals surface area contributed by atoms with Gasteiger partial charge in [-0.05, 0) is 43.0 Å². The van der Waals surface area contributed by atoms with Gasteiger partial charge in [0.25, 0.3) is 0 Å². The van der Waals surface area contributed by atoms with E-state index in [2.05, 4.69) is 15.2 Å². The van der Waals surface area contributed by atoms with Crippen molar-refractivity contribution in [3.8, 4) is 0 Å². The first-order chi connectivity index (χ1) is 12.2. The molecule has 1 saturated heterocycles. The number of hydrogen-bond acceptors (Lipinski definition) is 5. The molecule has 1 aromatic rings. The van der Waals surface area contributed by atoms with Crippen LogP contribution in [-0.4, -0.2) is 46.2 Å². The van der Waals surface area contributed by atoms with Crippen LogP contribution >= 0.6 is 0 Å². The smallest absolute Gasteiger partial charge is 0.303 e. The van der Waals surface area contributed by atoms with Crippen molar-refractivity contribution in [2.45, 2.75) is 50.6 Å². The fraction of sp³-hybridized carbons (Fsp3) is 0.556. The average Bonchev–Trinajstić information content (AvgIpc) is 3.12. The number of anilines is 1. The van der Waals surface area contributed by atoms with Crippen molar-refractivity contribution in [3.63, 3.8) is 0 Å². The highest BCUT2D eigenvalue weighted by molar-refractivity contribution is 5.94. The summed E-state index contributed by atoms with van der Waals surface area (Å²) >= 11 is 0. The lowest BCUT2D eigenvalue weighted by Gasteiger charge is -2.31. The minimum Gasteiger partial charge on any atom is -0.366 e. The molecule has 1 aromatic heterocycles. The Hall–Kier alpha value is -1.99. The molecule has 6 nitrogen and oxygen atoms in total. The number of amides is 1. The van der Waals surface area contributed by atoms with E-state index in [9.17, 15) is 9.18 Å². The predicted octanol–water partition coefficient (Wildman–Crippen LogP) is 2.72. The molecule has 3 N–H and O–H groups in total. The Bertz CT molecular complexity index is 614. The van der Waals surface area contributed by atoms with Crippen LogP contribution in [0.5, 0.6) is 0 Å². The summed E-state index contributed by atoms with van der Waals surface area (Å²) in [6.07, 6.45) is 10.3. The van der Waals surface area contributed by atoms with Crippen LogP contribution in [0.15, 0.2) is 24.2 Å². The maximum atomic E-state index is 13.4. The number of aromatic nitrogens is 1. The van der Waals surface area contributed by atoms with E-state index >= 15 is 0 Å². The Balaban J connectivity index is 1.53. The summed E-state index contributed by atoms with van der Waals surface area (Å²) in [6.45, 7) is 2.17. The molecule has 1 amide bonds.